The van der Waals surface area contributed by atoms with Crippen molar-refractivity contribution in [3.8, 4) is 0 Å². The Morgan fingerprint density at radius 3 is 2.17 bits per heavy atom. The fourth-order valence-electron chi connectivity index (χ4n) is 4.23. The summed E-state index contributed by atoms with van der Waals surface area (Å²) in [5, 5.41) is 11.7. The second-order valence-electron chi connectivity index (χ2n) is 7.73. The number of amides is 1. The van der Waals surface area contributed by atoms with Gasteiger partial charge in [-0.15, -0.1) is 0 Å². The molecule has 2 aromatic carbocycles. The second kappa shape index (κ2) is 8.58. The minimum Gasteiger partial charge on any atom is -0.372 e. The highest BCUT2D eigenvalue weighted by molar-refractivity contribution is 5.90. The van der Waals surface area contributed by atoms with Gasteiger partial charge in [-0.05, 0) is 48.4 Å². The minimum absolute atomic E-state index is 0.249. The van der Waals surface area contributed by atoms with E-state index in [-0.39, 0.29) is 5.91 Å². The molecule has 1 aliphatic rings. The summed E-state index contributed by atoms with van der Waals surface area (Å²) < 4.78 is 0. The van der Waals surface area contributed by atoms with Crippen LogP contribution in [-0.2, 0) is 16.8 Å². The number of pyridine rings is 1. The van der Waals surface area contributed by atoms with Crippen molar-refractivity contribution in [2.24, 2.45) is 5.92 Å². The van der Waals surface area contributed by atoms with Gasteiger partial charge in [0.1, 0.15) is 0 Å². The maximum absolute atomic E-state index is 13.7. The van der Waals surface area contributed by atoms with Gasteiger partial charge in [0.25, 0.3) is 5.91 Å². The Hall–Kier alpha value is -2.98. The molecule has 0 unspecified atom stereocenters. The first-order chi connectivity index (χ1) is 14.2. The lowest BCUT2D eigenvalue weighted by Gasteiger charge is -2.38. The first kappa shape index (κ1) is 19.3. The zero-order valence-corrected chi connectivity index (χ0v) is 16.4. The van der Waals surface area contributed by atoms with Crippen LogP contribution in [0.3, 0.4) is 0 Å². The Morgan fingerprint density at radius 2 is 1.59 bits per heavy atom. The SMILES string of the molecule is O=C(N1CCC[C@H](Cc2ccccn2)C1)C(O)(c1ccccc1)c1ccccc1. The normalized spacial score (nSPS) is 17.1. The van der Waals surface area contributed by atoms with E-state index in [2.05, 4.69) is 4.98 Å². The zero-order chi connectivity index (χ0) is 20.1. The van der Waals surface area contributed by atoms with Crippen LogP contribution < -0.4 is 0 Å². The summed E-state index contributed by atoms with van der Waals surface area (Å²) in [4.78, 5) is 19.9. The number of carbonyl (C=O) groups excluding carboxylic acids is 1. The van der Waals surface area contributed by atoms with Gasteiger partial charge in [-0.25, -0.2) is 0 Å². The smallest absolute Gasteiger partial charge is 0.263 e. The predicted molar refractivity (Wildman–Crippen MR) is 113 cm³/mol. The van der Waals surface area contributed by atoms with Crippen molar-refractivity contribution >= 4 is 5.91 Å². The van der Waals surface area contributed by atoms with Gasteiger partial charge in [0, 0.05) is 25.0 Å². The quantitative estimate of drug-likeness (QED) is 0.726. The highest BCUT2D eigenvalue weighted by Gasteiger charge is 2.43. The topological polar surface area (TPSA) is 53.4 Å². The maximum atomic E-state index is 13.7. The number of hydrogen-bond acceptors (Lipinski definition) is 3. The number of hydrogen-bond donors (Lipinski definition) is 1. The molecular formula is C25H26N2O2. The van der Waals surface area contributed by atoms with Crippen LogP contribution in [0, 0.1) is 5.92 Å². The Balaban J connectivity index is 1.61. The summed E-state index contributed by atoms with van der Waals surface area (Å²) in [6.07, 6.45) is 4.66. The van der Waals surface area contributed by atoms with Crippen LogP contribution in [-0.4, -0.2) is 34.0 Å². The van der Waals surface area contributed by atoms with Gasteiger partial charge in [0.15, 0.2) is 5.60 Å². The highest BCUT2D eigenvalue weighted by Crippen LogP contribution is 2.33. The summed E-state index contributed by atoms with van der Waals surface area (Å²) >= 11 is 0. The summed E-state index contributed by atoms with van der Waals surface area (Å²) in [5.41, 5.74) is 0.564. The van der Waals surface area contributed by atoms with Gasteiger partial charge >= 0.3 is 0 Å². The Kier molecular flexibility index (Phi) is 5.72. The van der Waals surface area contributed by atoms with E-state index < -0.39 is 5.60 Å². The Bertz CT molecular complexity index is 889. The lowest BCUT2D eigenvalue weighted by atomic mass is 9.83. The van der Waals surface area contributed by atoms with E-state index in [1.807, 2.05) is 90.0 Å². The van der Waals surface area contributed by atoms with Crippen molar-refractivity contribution in [2.45, 2.75) is 24.9 Å². The summed E-state index contributed by atoms with van der Waals surface area (Å²) in [6.45, 7) is 1.30. The fourth-order valence-corrected chi connectivity index (χ4v) is 4.23. The van der Waals surface area contributed by atoms with Crippen molar-refractivity contribution < 1.29 is 9.90 Å². The molecule has 0 saturated carbocycles. The average molecular weight is 386 g/mol. The fraction of sp³-hybridized carbons (Fsp3) is 0.280. The number of piperidine rings is 1. The van der Waals surface area contributed by atoms with Crippen LogP contribution in [0.2, 0.25) is 0 Å². The number of carbonyl (C=O) groups is 1. The first-order valence-electron chi connectivity index (χ1n) is 10.2. The third-order valence-corrected chi connectivity index (χ3v) is 5.72. The minimum atomic E-state index is -1.69. The second-order valence-corrected chi connectivity index (χ2v) is 7.73. The molecule has 29 heavy (non-hydrogen) atoms. The van der Waals surface area contributed by atoms with Gasteiger partial charge in [0.05, 0.1) is 0 Å². The van der Waals surface area contributed by atoms with E-state index in [4.69, 9.17) is 0 Å². The van der Waals surface area contributed by atoms with Crippen LogP contribution in [0.1, 0.15) is 29.7 Å². The molecule has 0 spiro atoms. The van der Waals surface area contributed by atoms with Gasteiger partial charge in [-0.2, -0.15) is 0 Å². The van der Waals surface area contributed by atoms with Gasteiger partial charge in [0.2, 0.25) is 0 Å². The monoisotopic (exact) mass is 386 g/mol. The van der Waals surface area contributed by atoms with E-state index in [0.29, 0.717) is 30.1 Å². The van der Waals surface area contributed by atoms with Crippen LogP contribution in [0.15, 0.2) is 85.1 Å². The van der Waals surface area contributed by atoms with Crippen LogP contribution in [0.5, 0.6) is 0 Å². The molecule has 4 heteroatoms. The number of benzene rings is 2. The molecule has 0 aliphatic carbocycles. The Labute approximate surface area is 171 Å². The van der Waals surface area contributed by atoms with Crippen molar-refractivity contribution in [3.05, 3.63) is 102 Å². The van der Waals surface area contributed by atoms with Crippen LogP contribution >= 0.6 is 0 Å². The number of rotatable bonds is 5. The van der Waals surface area contributed by atoms with Gasteiger partial charge < -0.3 is 10.0 Å². The standard InChI is InChI=1S/C25H26N2O2/c28-24(27-17-9-10-20(19-27)18-23-15-7-8-16-26-23)25(29,21-11-3-1-4-12-21)22-13-5-2-6-14-22/h1-8,11-16,20,29H,9-10,17-19H2/t20-/m1/s1. The number of likely N-dealkylation sites (tertiary alicyclic amines) is 1. The van der Waals surface area contributed by atoms with Crippen molar-refractivity contribution in [3.63, 3.8) is 0 Å². The van der Waals surface area contributed by atoms with Crippen LogP contribution in [0.4, 0.5) is 0 Å². The molecule has 1 aromatic heterocycles. The van der Waals surface area contributed by atoms with Gasteiger partial charge in [-0.3, -0.25) is 9.78 Å². The van der Waals surface area contributed by atoms with E-state index in [1.54, 1.807) is 0 Å². The lowest BCUT2D eigenvalue weighted by Crippen LogP contribution is -2.51. The van der Waals surface area contributed by atoms with E-state index in [1.165, 1.54) is 0 Å². The number of aromatic nitrogens is 1. The molecule has 4 nitrogen and oxygen atoms in total. The molecule has 2 heterocycles. The third-order valence-electron chi connectivity index (χ3n) is 5.72. The molecule has 1 N–H and O–H groups in total. The lowest BCUT2D eigenvalue weighted by molar-refractivity contribution is -0.150. The third kappa shape index (κ3) is 4.08. The molecule has 1 amide bonds. The average Bonchev–Trinajstić information content (AvgIpc) is 2.80. The maximum Gasteiger partial charge on any atom is 0.263 e. The molecule has 1 saturated heterocycles. The van der Waals surface area contributed by atoms with Crippen molar-refractivity contribution in [1.82, 2.24) is 9.88 Å². The number of nitrogens with zero attached hydrogens (tertiary/aromatic N) is 2. The summed E-state index contributed by atoms with van der Waals surface area (Å²) in [7, 11) is 0. The largest absolute Gasteiger partial charge is 0.372 e. The summed E-state index contributed by atoms with van der Waals surface area (Å²) in [6, 6.07) is 24.4. The summed E-state index contributed by atoms with van der Waals surface area (Å²) in [5.74, 6) is 0.0963. The Morgan fingerprint density at radius 1 is 0.966 bits per heavy atom. The molecule has 1 aliphatic heterocycles. The molecule has 148 valence electrons. The molecule has 0 radical (unpaired) electrons. The van der Waals surface area contributed by atoms with Crippen molar-refractivity contribution in [2.75, 3.05) is 13.1 Å². The molecular weight excluding hydrogens is 360 g/mol. The molecule has 3 aromatic rings. The van der Waals surface area contributed by atoms with E-state index in [9.17, 15) is 9.90 Å². The highest BCUT2D eigenvalue weighted by atomic mass is 16.3. The van der Waals surface area contributed by atoms with E-state index in [0.717, 1.165) is 25.0 Å². The zero-order valence-electron chi connectivity index (χ0n) is 16.4. The molecule has 4 rings (SSSR count). The first-order valence-corrected chi connectivity index (χ1v) is 10.2. The molecule has 1 atom stereocenters. The van der Waals surface area contributed by atoms with Gasteiger partial charge in [-0.1, -0.05) is 66.7 Å². The van der Waals surface area contributed by atoms with E-state index >= 15 is 0 Å². The molecule has 0 bridgehead atoms. The number of aliphatic hydroxyl groups is 1. The predicted octanol–water partition coefficient (Wildman–Crippen LogP) is 3.80. The van der Waals surface area contributed by atoms with Crippen molar-refractivity contribution in [1.29, 1.82) is 0 Å². The molecule has 1 fully saturated rings. The van der Waals surface area contributed by atoms with Crippen LogP contribution in [0.25, 0.3) is 0 Å².